The maximum atomic E-state index is 5.66. The molecule has 0 bridgehead atoms. The zero-order valence-corrected chi connectivity index (χ0v) is 17.6. The number of nitrogens with one attached hydrogen (secondary N) is 1. The molecule has 3 nitrogen and oxygen atoms in total. The SMILES string of the molecule is COc1ccc2cc(Br)ccc2c1CSc1ccccc1C1=NCCCN1. The van der Waals surface area contributed by atoms with E-state index >= 15 is 0 Å². The predicted molar refractivity (Wildman–Crippen MR) is 118 cm³/mol. The number of halogens is 1. The number of benzene rings is 3. The van der Waals surface area contributed by atoms with E-state index in [0.717, 1.165) is 41.3 Å². The van der Waals surface area contributed by atoms with E-state index in [1.54, 1.807) is 7.11 Å². The number of methoxy groups -OCH3 is 1. The fourth-order valence-corrected chi connectivity index (χ4v) is 4.81. The highest BCUT2D eigenvalue weighted by Crippen LogP contribution is 2.35. The number of amidine groups is 1. The number of rotatable bonds is 5. The zero-order chi connectivity index (χ0) is 18.6. The minimum Gasteiger partial charge on any atom is -0.496 e. The molecule has 3 aromatic rings. The molecule has 0 fully saturated rings. The Balaban J connectivity index is 1.67. The summed E-state index contributed by atoms with van der Waals surface area (Å²) in [6, 6.07) is 19.1. The number of hydrogen-bond donors (Lipinski definition) is 1. The highest BCUT2D eigenvalue weighted by Gasteiger charge is 2.14. The molecular formula is C22H21BrN2OS. The second-order valence-electron chi connectivity index (χ2n) is 6.41. The van der Waals surface area contributed by atoms with Crippen molar-refractivity contribution in [2.45, 2.75) is 17.1 Å². The molecule has 0 saturated heterocycles. The Labute approximate surface area is 172 Å². The predicted octanol–water partition coefficient (Wildman–Crippen LogP) is 5.64. The van der Waals surface area contributed by atoms with Gasteiger partial charge in [-0.15, -0.1) is 11.8 Å². The molecule has 1 aliphatic heterocycles. The van der Waals surface area contributed by atoms with E-state index in [-0.39, 0.29) is 0 Å². The maximum Gasteiger partial charge on any atom is 0.129 e. The van der Waals surface area contributed by atoms with Gasteiger partial charge in [0.1, 0.15) is 11.6 Å². The van der Waals surface area contributed by atoms with Gasteiger partial charge >= 0.3 is 0 Å². The van der Waals surface area contributed by atoms with Gasteiger partial charge in [-0.2, -0.15) is 0 Å². The summed E-state index contributed by atoms with van der Waals surface area (Å²) < 4.78 is 6.75. The van der Waals surface area contributed by atoms with Crippen molar-refractivity contribution < 1.29 is 4.74 Å². The lowest BCUT2D eigenvalue weighted by atomic mass is 10.0. The summed E-state index contributed by atoms with van der Waals surface area (Å²) in [5.74, 6) is 2.79. The van der Waals surface area contributed by atoms with Crippen molar-refractivity contribution >= 4 is 44.3 Å². The molecule has 0 spiro atoms. The molecular weight excluding hydrogens is 420 g/mol. The molecule has 0 radical (unpaired) electrons. The van der Waals surface area contributed by atoms with E-state index in [0.29, 0.717) is 0 Å². The van der Waals surface area contributed by atoms with Crippen molar-refractivity contribution in [1.29, 1.82) is 0 Å². The second kappa shape index (κ2) is 8.36. The van der Waals surface area contributed by atoms with Crippen LogP contribution >= 0.6 is 27.7 Å². The third kappa shape index (κ3) is 3.99. The maximum absolute atomic E-state index is 5.66. The van der Waals surface area contributed by atoms with Crippen LogP contribution in [0, 0.1) is 0 Å². The average Bonchev–Trinajstić information content (AvgIpc) is 2.72. The Morgan fingerprint density at radius 1 is 1.15 bits per heavy atom. The Hall–Kier alpha value is -1.98. The first-order valence-electron chi connectivity index (χ1n) is 9.02. The first-order chi connectivity index (χ1) is 13.3. The van der Waals surface area contributed by atoms with Gasteiger partial charge in [0, 0.05) is 39.3 Å². The lowest BCUT2D eigenvalue weighted by Gasteiger charge is -2.18. The topological polar surface area (TPSA) is 33.6 Å². The normalized spacial score (nSPS) is 13.9. The lowest BCUT2D eigenvalue weighted by molar-refractivity contribution is 0.412. The molecule has 0 saturated carbocycles. The Morgan fingerprint density at radius 3 is 2.85 bits per heavy atom. The highest BCUT2D eigenvalue weighted by atomic mass is 79.9. The third-order valence-corrected chi connectivity index (χ3v) is 6.28. The van der Waals surface area contributed by atoms with Crippen LogP contribution in [0.25, 0.3) is 10.8 Å². The molecule has 0 aromatic heterocycles. The number of nitrogens with zero attached hydrogens (tertiary/aromatic N) is 1. The average molecular weight is 441 g/mol. The molecule has 1 aliphatic rings. The van der Waals surface area contributed by atoms with Gasteiger partial charge in [-0.1, -0.05) is 46.3 Å². The molecule has 138 valence electrons. The van der Waals surface area contributed by atoms with Gasteiger partial charge in [0.25, 0.3) is 0 Å². The summed E-state index contributed by atoms with van der Waals surface area (Å²) in [5.41, 5.74) is 2.41. The lowest BCUT2D eigenvalue weighted by Crippen LogP contribution is -2.30. The van der Waals surface area contributed by atoms with Crippen molar-refractivity contribution in [2.75, 3.05) is 20.2 Å². The minimum absolute atomic E-state index is 0.840. The van der Waals surface area contributed by atoms with E-state index < -0.39 is 0 Å². The Morgan fingerprint density at radius 2 is 2.04 bits per heavy atom. The van der Waals surface area contributed by atoms with Crippen molar-refractivity contribution in [3.63, 3.8) is 0 Å². The largest absolute Gasteiger partial charge is 0.496 e. The highest BCUT2D eigenvalue weighted by molar-refractivity contribution is 9.10. The molecule has 27 heavy (non-hydrogen) atoms. The number of ether oxygens (including phenoxy) is 1. The molecule has 0 unspecified atom stereocenters. The summed E-state index contributed by atoms with van der Waals surface area (Å²) in [5, 5.41) is 5.89. The number of fused-ring (bicyclic) bond motifs is 1. The standard InChI is InChI=1S/C22H21BrN2OS/c1-26-20-10-7-15-13-16(23)8-9-17(15)19(20)14-27-21-6-3-2-5-18(21)22-24-11-4-12-25-22/h2-3,5-10,13H,4,11-12,14H2,1H3,(H,24,25). The molecule has 0 atom stereocenters. The molecule has 4 rings (SSSR count). The number of aliphatic imine (C=N–C) groups is 1. The van der Waals surface area contributed by atoms with Gasteiger partial charge < -0.3 is 10.1 Å². The van der Waals surface area contributed by atoms with Crippen LogP contribution in [0.1, 0.15) is 17.5 Å². The second-order valence-corrected chi connectivity index (χ2v) is 8.34. The van der Waals surface area contributed by atoms with E-state index in [4.69, 9.17) is 4.74 Å². The summed E-state index contributed by atoms with van der Waals surface area (Å²) in [7, 11) is 1.74. The fraction of sp³-hybridized carbons (Fsp3) is 0.227. The van der Waals surface area contributed by atoms with Crippen LogP contribution in [-0.4, -0.2) is 26.0 Å². The van der Waals surface area contributed by atoms with Crippen LogP contribution < -0.4 is 10.1 Å². The summed E-state index contributed by atoms with van der Waals surface area (Å²) in [4.78, 5) is 5.91. The molecule has 1 N–H and O–H groups in total. The molecule has 5 heteroatoms. The van der Waals surface area contributed by atoms with Crippen LogP contribution in [0.4, 0.5) is 0 Å². The minimum atomic E-state index is 0.840. The van der Waals surface area contributed by atoms with Crippen molar-refractivity contribution in [3.8, 4) is 5.75 Å². The first-order valence-corrected chi connectivity index (χ1v) is 10.8. The molecule has 0 aliphatic carbocycles. The van der Waals surface area contributed by atoms with Gasteiger partial charge in [0.05, 0.1) is 7.11 Å². The van der Waals surface area contributed by atoms with E-state index in [9.17, 15) is 0 Å². The van der Waals surface area contributed by atoms with E-state index in [1.165, 1.54) is 26.8 Å². The monoisotopic (exact) mass is 440 g/mol. The van der Waals surface area contributed by atoms with Gasteiger partial charge in [0.15, 0.2) is 0 Å². The van der Waals surface area contributed by atoms with Crippen molar-refractivity contribution in [2.24, 2.45) is 4.99 Å². The fourth-order valence-electron chi connectivity index (χ4n) is 3.34. The van der Waals surface area contributed by atoms with E-state index in [2.05, 4.69) is 80.8 Å². The van der Waals surface area contributed by atoms with Gasteiger partial charge in [-0.25, -0.2) is 0 Å². The Kier molecular flexibility index (Phi) is 5.69. The van der Waals surface area contributed by atoms with Crippen LogP contribution in [0.2, 0.25) is 0 Å². The van der Waals surface area contributed by atoms with Crippen molar-refractivity contribution in [3.05, 3.63) is 70.2 Å². The van der Waals surface area contributed by atoms with Crippen LogP contribution in [0.3, 0.4) is 0 Å². The van der Waals surface area contributed by atoms with Gasteiger partial charge in [0.2, 0.25) is 0 Å². The number of thioether (sulfide) groups is 1. The zero-order valence-electron chi connectivity index (χ0n) is 15.2. The van der Waals surface area contributed by atoms with Gasteiger partial charge in [-0.3, -0.25) is 4.99 Å². The molecule has 3 aromatic carbocycles. The quantitative estimate of drug-likeness (QED) is 0.520. The molecule has 0 amide bonds. The third-order valence-electron chi connectivity index (χ3n) is 4.68. The van der Waals surface area contributed by atoms with Crippen LogP contribution in [0.15, 0.2) is 69.0 Å². The summed E-state index contributed by atoms with van der Waals surface area (Å²) >= 11 is 5.40. The van der Waals surface area contributed by atoms with Gasteiger partial charge in [-0.05, 0) is 41.5 Å². The Bertz CT molecular complexity index is 1000. The number of hydrogen-bond acceptors (Lipinski definition) is 4. The smallest absolute Gasteiger partial charge is 0.129 e. The molecule has 1 heterocycles. The van der Waals surface area contributed by atoms with Crippen LogP contribution in [-0.2, 0) is 5.75 Å². The summed E-state index contributed by atoms with van der Waals surface area (Å²) in [6.45, 7) is 1.89. The van der Waals surface area contributed by atoms with Crippen molar-refractivity contribution in [1.82, 2.24) is 5.32 Å². The first kappa shape index (κ1) is 18.4. The van der Waals surface area contributed by atoms with E-state index in [1.807, 2.05) is 11.8 Å². The van der Waals surface area contributed by atoms with Crippen LogP contribution in [0.5, 0.6) is 5.75 Å². The summed E-state index contributed by atoms with van der Waals surface area (Å²) in [6.07, 6.45) is 1.10.